The summed E-state index contributed by atoms with van der Waals surface area (Å²) in [5.41, 5.74) is -0.645. The van der Waals surface area contributed by atoms with Gasteiger partial charge in [-0.2, -0.15) is 13.2 Å². The fourth-order valence-electron chi connectivity index (χ4n) is 1.63. The maximum atomic E-state index is 12.9. The second-order valence-corrected chi connectivity index (χ2v) is 5.29. The molecule has 2 nitrogen and oxygen atoms in total. The minimum Gasteiger partial charge on any atom is -0.492 e. The van der Waals surface area contributed by atoms with Crippen LogP contribution in [-0.4, -0.2) is 11.6 Å². The van der Waals surface area contributed by atoms with Gasteiger partial charge in [0.25, 0.3) is 0 Å². The van der Waals surface area contributed by atoms with E-state index in [9.17, 15) is 13.2 Å². The average molecular weight is 275 g/mol. The van der Waals surface area contributed by atoms with Crippen molar-refractivity contribution in [2.24, 2.45) is 5.92 Å². The molecule has 0 aliphatic heterocycles. The number of rotatable bonds is 5. The molecule has 0 saturated carbocycles. The van der Waals surface area contributed by atoms with Crippen LogP contribution in [0.3, 0.4) is 0 Å². The predicted molar refractivity (Wildman–Crippen MR) is 68.3 cm³/mol. The van der Waals surface area contributed by atoms with E-state index in [4.69, 9.17) is 4.74 Å². The van der Waals surface area contributed by atoms with Crippen molar-refractivity contribution in [3.8, 4) is 5.75 Å². The van der Waals surface area contributed by atoms with Crippen molar-refractivity contribution in [2.45, 2.75) is 46.2 Å². The number of pyridine rings is 1. The third-order valence-corrected chi connectivity index (χ3v) is 2.71. The Hall–Kier alpha value is -1.26. The van der Waals surface area contributed by atoms with Crippen LogP contribution in [0.25, 0.3) is 0 Å². The third-order valence-electron chi connectivity index (χ3n) is 2.71. The highest BCUT2D eigenvalue weighted by atomic mass is 19.4. The van der Waals surface area contributed by atoms with Gasteiger partial charge in [0, 0.05) is 0 Å². The zero-order valence-corrected chi connectivity index (χ0v) is 11.7. The van der Waals surface area contributed by atoms with E-state index in [0.717, 1.165) is 12.5 Å². The van der Waals surface area contributed by atoms with Gasteiger partial charge in [0.2, 0.25) is 0 Å². The van der Waals surface area contributed by atoms with Crippen molar-refractivity contribution in [1.82, 2.24) is 4.98 Å². The molecule has 0 aliphatic rings. The summed E-state index contributed by atoms with van der Waals surface area (Å²) in [5.74, 6) is 0.351. The van der Waals surface area contributed by atoms with Gasteiger partial charge >= 0.3 is 6.18 Å². The second-order valence-electron chi connectivity index (χ2n) is 5.29. The number of nitrogens with zero attached hydrogens (tertiary/aromatic N) is 1. The number of hydrogen-bond donors (Lipinski definition) is 0. The molecule has 19 heavy (non-hydrogen) atoms. The van der Waals surface area contributed by atoms with Crippen LogP contribution in [-0.2, 0) is 6.18 Å². The quantitative estimate of drug-likeness (QED) is 0.780. The fourth-order valence-corrected chi connectivity index (χ4v) is 1.63. The summed E-state index contributed by atoms with van der Waals surface area (Å²) < 4.78 is 44.2. The molecule has 0 atom stereocenters. The zero-order chi connectivity index (χ0) is 14.6. The molecule has 1 aromatic heterocycles. The fraction of sp³-hybridized carbons (Fsp3) is 0.643. The molecule has 0 bridgehead atoms. The number of hydrogen-bond acceptors (Lipinski definition) is 2. The second kappa shape index (κ2) is 6.26. The first-order valence-corrected chi connectivity index (χ1v) is 6.41. The topological polar surface area (TPSA) is 22.1 Å². The Balaban J connectivity index is 2.92. The molecule has 0 spiro atoms. The third kappa shape index (κ3) is 4.73. The van der Waals surface area contributed by atoms with Crippen LogP contribution >= 0.6 is 0 Å². The molecule has 0 aliphatic carbocycles. The standard InChI is InChI=1S/C14H20F3NO/c1-9(2)5-6-19-11-7-12(14(15,16)17)13(10(3)4)18-8-11/h7-10H,5-6H2,1-4H3. The molecule has 0 radical (unpaired) electrons. The minimum atomic E-state index is -4.40. The summed E-state index contributed by atoms with van der Waals surface area (Å²) in [6.45, 7) is 7.85. The molecule has 0 fully saturated rings. The van der Waals surface area contributed by atoms with Crippen molar-refractivity contribution < 1.29 is 17.9 Å². The Morgan fingerprint density at radius 1 is 1.21 bits per heavy atom. The lowest BCUT2D eigenvalue weighted by Gasteiger charge is -2.16. The van der Waals surface area contributed by atoms with E-state index in [1.807, 2.05) is 13.8 Å². The van der Waals surface area contributed by atoms with Crippen LogP contribution in [0.1, 0.15) is 51.3 Å². The van der Waals surface area contributed by atoms with E-state index in [2.05, 4.69) is 4.98 Å². The summed E-state index contributed by atoms with van der Waals surface area (Å²) >= 11 is 0. The van der Waals surface area contributed by atoms with Gasteiger partial charge in [-0.15, -0.1) is 0 Å². The average Bonchev–Trinajstić information content (AvgIpc) is 2.27. The largest absolute Gasteiger partial charge is 0.492 e. The van der Waals surface area contributed by atoms with Gasteiger partial charge in [0.15, 0.2) is 0 Å². The summed E-state index contributed by atoms with van der Waals surface area (Å²) in [5, 5.41) is 0. The predicted octanol–water partition coefficient (Wildman–Crippen LogP) is 4.65. The van der Waals surface area contributed by atoms with Gasteiger partial charge in [-0.05, 0) is 24.3 Å². The van der Waals surface area contributed by atoms with Gasteiger partial charge in [-0.1, -0.05) is 27.7 Å². The molecule has 0 amide bonds. The van der Waals surface area contributed by atoms with Crippen molar-refractivity contribution in [3.63, 3.8) is 0 Å². The molecule has 0 N–H and O–H groups in total. The number of alkyl halides is 3. The highest BCUT2D eigenvalue weighted by Gasteiger charge is 2.35. The van der Waals surface area contributed by atoms with Crippen LogP contribution in [0.5, 0.6) is 5.75 Å². The summed E-state index contributed by atoms with van der Waals surface area (Å²) in [6, 6.07) is 1.04. The molecule has 0 aromatic carbocycles. The lowest BCUT2D eigenvalue weighted by Crippen LogP contribution is -2.13. The molecule has 1 heterocycles. The van der Waals surface area contributed by atoms with E-state index in [1.165, 1.54) is 6.20 Å². The Kier molecular flexibility index (Phi) is 5.20. The number of aromatic nitrogens is 1. The molecule has 5 heteroatoms. The number of halogens is 3. The lowest BCUT2D eigenvalue weighted by atomic mass is 10.0. The summed E-state index contributed by atoms with van der Waals surface area (Å²) in [7, 11) is 0. The van der Waals surface area contributed by atoms with Crippen LogP contribution < -0.4 is 4.74 Å². The smallest absolute Gasteiger partial charge is 0.418 e. The first kappa shape index (κ1) is 15.8. The Morgan fingerprint density at radius 3 is 2.32 bits per heavy atom. The van der Waals surface area contributed by atoms with E-state index in [-0.39, 0.29) is 17.4 Å². The van der Waals surface area contributed by atoms with E-state index in [1.54, 1.807) is 13.8 Å². The summed E-state index contributed by atoms with van der Waals surface area (Å²) in [4.78, 5) is 3.90. The van der Waals surface area contributed by atoms with Crippen LogP contribution in [0, 0.1) is 5.92 Å². The lowest BCUT2D eigenvalue weighted by molar-refractivity contribution is -0.138. The molecule has 108 valence electrons. The maximum absolute atomic E-state index is 12.9. The van der Waals surface area contributed by atoms with Crippen LogP contribution in [0.2, 0.25) is 0 Å². The highest BCUT2D eigenvalue weighted by Crippen LogP contribution is 2.36. The van der Waals surface area contributed by atoms with Gasteiger partial charge in [0.05, 0.1) is 24.1 Å². The molecule has 0 saturated heterocycles. The van der Waals surface area contributed by atoms with Crippen LogP contribution in [0.4, 0.5) is 13.2 Å². The SMILES string of the molecule is CC(C)CCOc1cnc(C(C)C)c(C(F)(F)F)c1. The summed E-state index contributed by atoms with van der Waals surface area (Å²) in [6.07, 6.45) is -2.23. The van der Waals surface area contributed by atoms with E-state index in [0.29, 0.717) is 12.5 Å². The molecular weight excluding hydrogens is 255 g/mol. The van der Waals surface area contributed by atoms with E-state index >= 15 is 0 Å². The van der Waals surface area contributed by atoms with Crippen molar-refractivity contribution in [3.05, 3.63) is 23.5 Å². The monoisotopic (exact) mass is 275 g/mol. The Bertz CT molecular complexity index is 414. The van der Waals surface area contributed by atoms with Crippen molar-refractivity contribution in [1.29, 1.82) is 0 Å². The van der Waals surface area contributed by atoms with Gasteiger partial charge < -0.3 is 4.74 Å². The van der Waals surface area contributed by atoms with Crippen molar-refractivity contribution >= 4 is 0 Å². The number of ether oxygens (including phenoxy) is 1. The van der Waals surface area contributed by atoms with E-state index < -0.39 is 11.7 Å². The van der Waals surface area contributed by atoms with Gasteiger partial charge in [-0.25, -0.2) is 0 Å². The maximum Gasteiger partial charge on any atom is 0.418 e. The van der Waals surface area contributed by atoms with Gasteiger partial charge in [0.1, 0.15) is 5.75 Å². The van der Waals surface area contributed by atoms with Crippen LogP contribution in [0.15, 0.2) is 12.3 Å². The molecule has 1 aromatic rings. The Labute approximate surface area is 112 Å². The Morgan fingerprint density at radius 2 is 1.84 bits per heavy atom. The zero-order valence-electron chi connectivity index (χ0n) is 11.7. The molecular formula is C14H20F3NO. The molecule has 1 rings (SSSR count). The minimum absolute atomic E-state index is 0.0590. The van der Waals surface area contributed by atoms with Gasteiger partial charge in [-0.3, -0.25) is 4.98 Å². The van der Waals surface area contributed by atoms with Crippen molar-refractivity contribution in [2.75, 3.05) is 6.61 Å². The normalized spacial score (nSPS) is 12.3. The first-order chi connectivity index (χ1) is 8.71. The highest BCUT2D eigenvalue weighted by molar-refractivity contribution is 5.33. The molecule has 0 unspecified atom stereocenters. The first-order valence-electron chi connectivity index (χ1n) is 6.41.